The van der Waals surface area contributed by atoms with Crippen LogP contribution in [0.1, 0.15) is 13.9 Å². The smallest absolute Gasteiger partial charge is 0.325 e. The van der Waals surface area contributed by atoms with E-state index in [0.29, 0.717) is 27.0 Å². The molecular weight excluding hydrogens is 822 g/mol. The first-order valence-corrected chi connectivity index (χ1v) is 19.0. The summed E-state index contributed by atoms with van der Waals surface area (Å²) in [6.45, 7) is 0. The predicted molar refractivity (Wildman–Crippen MR) is 208 cm³/mol. The van der Waals surface area contributed by atoms with Gasteiger partial charge in [0.1, 0.15) is 40.9 Å². The van der Waals surface area contributed by atoms with Crippen LogP contribution in [0.15, 0.2) is 77.7 Å². The lowest BCUT2D eigenvalue weighted by atomic mass is 10.0. The van der Waals surface area contributed by atoms with Crippen LogP contribution in [0, 0.1) is 29.1 Å². The molecule has 56 heavy (non-hydrogen) atoms. The van der Waals surface area contributed by atoms with Crippen molar-refractivity contribution in [2.75, 3.05) is 23.9 Å². The maximum atomic E-state index is 15.5. The zero-order valence-corrected chi connectivity index (χ0v) is 32.3. The molecular formula is C35H30F5N7O5S4. The molecule has 12 nitrogen and oxygen atoms in total. The van der Waals surface area contributed by atoms with Gasteiger partial charge in [0.15, 0.2) is 5.82 Å². The fraction of sp³-hybridized carbons (Fsp3) is 0.171. The molecule has 0 fully saturated rings. The number of fused-ring (bicyclic) bond motifs is 2. The summed E-state index contributed by atoms with van der Waals surface area (Å²) in [5.74, 6) is -7.11. The maximum Gasteiger partial charge on any atom is 0.330 e. The quantitative estimate of drug-likeness (QED) is 0.134. The van der Waals surface area contributed by atoms with Crippen LogP contribution in [-0.2, 0) is 32.6 Å². The summed E-state index contributed by atoms with van der Waals surface area (Å²) in [6.07, 6.45) is -1.25. The minimum Gasteiger partial charge on any atom is -0.325 e. The van der Waals surface area contributed by atoms with Gasteiger partial charge >= 0.3 is 16.2 Å². The Bertz CT molecular complexity index is 2630. The lowest BCUT2D eigenvalue weighted by Gasteiger charge is -2.26. The number of hydrogen-bond acceptors (Lipinski definition) is 9. The monoisotopic (exact) mass is 853 g/mol. The normalized spacial score (nSPS) is 13.0. The van der Waals surface area contributed by atoms with Crippen LogP contribution in [0.5, 0.6) is 0 Å². The van der Waals surface area contributed by atoms with Gasteiger partial charge in [0.25, 0.3) is 0 Å². The van der Waals surface area contributed by atoms with Crippen LogP contribution in [-0.4, -0.2) is 62.4 Å². The van der Waals surface area contributed by atoms with Gasteiger partial charge in [0.2, 0.25) is 11.8 Å². The Balaban J connectivity index is 0.00000641. The molecule has 0 aliphatic rings. The van der Waals surface area contributed by atoms with Crippen LogP contribution >= 0.6 is 36.2 Å². The third-order valence-electron chi connectivity index (χ3n) is 8.20. The molecule has 6 aromatic rings. The number of halogens is 5. The highest BCUT2D eigenvalue weighted by Crippen LogP contribution is 2.29. The van der Waals surface area contributed by atoms with Crippen LogP contribution < -0.4 is 24.6 Å². The van der Waals surface area contributed by atoms with Crippen molar-refractivity contribution in [1.82, 2.24) is 24.7 Å². The van der Waals surface area contributed by atoms with Gasteiger partial charge < -0.3 is 15.1 Å². The largest absolute Gasteiger partial charge is 0.330 e. The van der Waals surface area contributed by atoms with Crippen LogP contribution in [0.4, 0.5) is 38.1 Å². The van der Waals surface area contributed by atoms with Gasteiger partial charge in [-0.15, -0.1) is 22.7 Å². The summed E-state index contributed by atoms with van der Waals surface area (Å²) >= 11 is 1.95. The second kappa shape index (κ2) is 17.3. The number of rotatable bonds is 12. The van der Waals surface area contributed by atoms with E-state index in [0.717, 1.165) is 63.8 Å². The number of nitrogens with zero attached hydrogens (tertiary/aromatic N) is 4. The molecule has 0 saturated heterocycles. The van der Waals surface area contributed by atoms with E-state index in [9.17, 15) is 40.4 Å². The molecule has 2 aromatic heterocycles. The summed E-state index contributed by atoms with van der Waals surface area (Å²) in [4.78, 5) is 50.6. The first-order chi connectivity index (χ1) is 26.8. The molecule has 0 aliphatic heterocycles. The Labute approximate surface area is 333 Å². The number of likely N-dealkylation sites (N-methyl/N-ethyl adjacent to an activating group) is 2. The zero-order valence-electron chi connectivity index (χ0n) is 30.9. The van der Waals surface area contributed by atoms with Gasteiger partial charge in [0, 0.05) is 38.3 Å². The lowest BCUT2D eigenvalue weighted by molar-refractivity contribution is -0.120. The highest BCUT2D eigenvalue weighted by atomic mass is 32.2. The summed E-state index contributed by atoms with van der Waals surface area (Å²) in [5.41, 5.74) is -0.470. The molecule has 0 bridgehead atoms. The van der Waals surface area contributed by atoms with E-state index >= 15 is 4.39 Å². The Morgan fingerprint density at radius 1 is 0.750 bits per heavy atom. The Morgan fingerprint density at radius 2 is 1.29 bits per heavy atom. The van der Waals surface area contributed by atoms with Gasteiger partial charge in [-0.2, -0.15) is 26.6 Å². The average molecular weight is 854 g/mol. The van der Waals surface area contributed by atoms with E-state index < -0.39 is 82.1 Å². The number of hydrogen-bond donors (Lipinski definition) is 3. The molecule has 0 saturated carbocycles. The second-order valence-corrected chi connectivity index (χ2v) is 15.2. The number of benzene rings is 4. The third-order valence-corrected chi connectivity index (χ3v) is 10.7. The number of amides is 4. The first-order valence-electron chi connectivity index (χ1n) is 16.8. The molecule has 4 aromatic carbocycles. The summed E-state index contributed by atoms with van der Waals surface area (Å²) in [7, 11) is -2.68. The van der Waals surface area contributed by atoms with E-state index in [-0.39, 0.29) is 52.5 Å². The third kappa shape index (κ3) is 9.77. The molecule has 0 aliphatic carbocycles. The number of thiazole rings is 2. The highest BCUT2D eigenvalue weighted by Gasteiger charge is 2.32. The predicted octanol–water partition coefficient (Wildman–Crippen LogP) is 5.70. The molecule has 2 atom stereocenters. The minimum atomic E-state index is -5.08. The fourth-order valence-electron chi connectivity index (χ4n) is 5.66. The number of urea groups is 1. The van der Waals surface area contributed by atoms with Gasteiger partial charge in [-0.3, -0.25) is 9.59 Å². The molecule has 0 unspecified atom stereocenters. The van der Waals surface area contributed by atoms with Gasteiger partial charge in [0.05, 0.1) is 34.3 Å². The zero-order chi connectivity index (χ0) is 41.3. The van der Waals surface area contributed by atoms with Crippen molar-refractivity contribution in [2.24, 2.45) is 0 Å². The number of carbonyl (C=O) groups excluding carboxylic acids is 3. The fourth-order valence-corrected chi connectivity index (χ4v) is 7.77. The molecule has 21 heteroatoms. The SMILES string of the molecule is S.[2H]c1nc2cc(N(C)C(=O)[C@H](Cc3cc(F)cc(F)c3)NS(=O)(=O)NC(=O)N[C@@H](Cc3cc(F)cc(F)c3)C(=O)N(C)c3ccc4sc([2H])nc4c3F)ccc2s1. The van der Waals surface area contributed by atoms with E-state index in [1.165, 1.54) is 31.3 Å². The number of anilines is 2. The lowest BCUT2D eigenvalue weighted by Crippen LogP contribution is -2.57. The van der Waals surface area contributed by atoms with Crippen molar-refractivity contribution in [1.29, 1.82) is 0 Å². The number of carbonyl (C=O) groups is 3. The van der Waals surface area contributed by atoms with Crippen molar-refractivity contribution in [3.8, 4) is 0 Å². The van der Waals surface area contributed by atoms with Gasteiger partial charge in [-0.1, -0.05) is 0 Å². The van der Waals surface area contributed by atoms with Crippen LogP contribution in [0.2, 0.25) is 0 Å². The number of aromatic nitrogens is 2. The number of nitrogens with one attached hydrogen (secondary N) is 3. The van der Waals surface area contributed by atoms with E-state index in [4.69, 9.17) is 2.74 Å². The molecule has 2 heterocycles. The van der Waals surface area contributed by atoms with Crippen molar-refractivity contribution < 1.29 is 47.5 Å². The first kappa shape index (κ1) is 39.0. The van der Waals surface area contributed by atoms with Gasteiger partial charge in [-0.05, 0) is 72.1 Å². The summed E-state index contributed by atoms with van der Waals surface area (Å²) < 4.78 is 119. The Hall–Kier alpha value is -5.22. The summed E-state index contributed by atoms with van der Waals surface area (Å²) in [6, 6.07) is 6.57. The van der Waals surface area contributed by atoms with Crippen molar-refractivity contribution in [2.45, 2.75) is 24.9 Å². The van der Waals surface area contributed by atoms with Crippen molar-refractivity contribution >= 4 is 96.0 Å². The van der Waals surface area contributed by atoms with Gasteiger partial charge in [-0.25, -0.2) is 41.4 Å². The summed E-state index contributed by atoms with van der Waals surface area (Å²) in [5, 5.41) is 2.12. The molecule has 0 radical (unpaired) electrons. The highest BCUT2D eigenvalue weighted by molar-refractivity contribution is 7.88. The molecule has 294 valence electrons. The van der Waals surface area contributed by atoms with Crippen molar-refractivity contribution in [3.05, 3.63) is 118 Å². The van der Waals surface area contributed by atoms with E-state index in [1.807, 2.05) is 4.72 Å². The second-order valence-electron chi connectivity index (χ2n) is 12.1. The molecule has 0 spiro atoms. The van der Waals surface area contributed by atoms with Crippen LogP contribution in [0.3, 0.4) is 0 Å². The maximum absolute atomic E-state index is 15.5. The topological polar surface area (TPSA) is 154 Å². The van der Waals surface area contributed by atoms with Crippen LogP contribution in [0.25, 0.3) is 20.4 Å². The molecule has 3 N–H and O–H groups in total. The van der Waals surface area contributed by atoms with E-state index in [1.54, 1.807) is 10.8 Å². The van der Waals surface area contributed by atoms with Crippen molar-refractivity contribution in [3.63, 3.8) is 0 Å². The Kier molecular flexibility index (Phi) is 12.0. The minimum absolute atomic E-state index is 0. The average Bonchev–Trinajstić information content (AvgIpc) is 3.69. The Morgan fingerprint density at radius 3 is 1.91 bits per heavy atom. The molecule has 6 rings (SSSR count). The van der Waals surface area contributed by atoms with E-state index in [2.05, 4.69) is 15.3 Å². The standard InChI is InChI=1S/C35H28F5N7O5S3.H2S/c1-46(24-3-5-29-25(15-24)41-16-53-29)34(49)27(12-19-9-22(38)14-23(39)10-19)44-55(51,52)45-35(50)43-26(11-18-7-20(36)13-21(37)8-18)33(48)47(2)28-4-6-30-32(31(28)40)42-17-54-30;/h3-10,13-17,26-27,44H,11-12H2,1-2H3,(H2,43,45,50);1H2/t26-,27-;/m0./s1/i16D,17D;. The molecule has 4 amide bonds.